The predicted octanol–water partition coefficient (Wildman–Crippen LogP) is 17.6. The van der Waals surface area contributed by atoms with Crippen LogP contribution in [0.15, 0.2) is 253 Å². The molecule has 11 aromatic carbocycles. The molecular weight excluding hydrogens is 811 g/mol. The minimum absolute atomic E-state index is 0.478. The Balaban J connectivity index is 1.04. The zero-order valence-corrected chi connectivity index (χ0v) is 36.5. The van der Waals surface area contributed by atoms with Gasteiger partial charge in [0, 0.05) is 32.9 Å². The number of rotatable bonds is 6. The van der Waals surface area contributed by atoms with Gasteiger partial charge in [-0.3, -0.25) is 0 Å². The second-order valence-corrected chi connectivity index (χ2v) is 17.9. The van der Waals surface area contributed by atoms with Crippen molar-refractivity contribution < 1.29 is 4.42 Å². The van der Waals surface area contributed by atoms with Crippen LogP contribution in [0.4, 0.5) is 17.1 Å². The Morgan fingerprint density at radius 1 is 0.299 bits per heavy atom. The highest BCUT2D eigenvalue weighted by atomic mass is 16.3. The minimum atomic E-state index is -0.478. The summed E-state index contributed by atoms with van der Waals surface area (Å²) in [4.78, 5) is 2.48. The zero-order chi connectivity index (χ0) is 44.1. The van der Waals surface area contributed by atoms with Crippen molar-refractivity contribution in [1.29, 1.82) is 0 Å². The van der Waals surface area contributed by atoms with Gasteiger partial charge < -0.3 is 9.32 Å². The maximum Gasteiger partial charge on any atom is 0.143 e. The van der Waals surface area contributed by atoms with Crippen LogP contribution in [0, 0.1) is 0 Å². The third-order valence-electron chi connectivity index (χ3n) is 14.5. The van der Waals surface area contributed by atoms with Crippen LogP contribution in [0.2, 0.25) is 0 Å². The summed E-state index contributed by atoms with van der Waals surface area (Å²) >= 11 is 0. The Bertz CT molecular complexity index is 3860. The molecule has 0 unspecified atom stereocenters. The average molecular weight is 852 g/mol. The smallest absolute Gasteiger partial charge is 0.143 e. The quantitative estimate of drug-likeness (QED) is 0.166. The molecule has 0 saturated heterocycles. The first-order valence-corrected chi connectivity index (χ1v) is 23.2. The van der Waals surface area contributed by atoms with Gasteiger partial charge in [-0.25, -0.2) is 0 Å². The summed E-state index contributed by atoms with van der Waals surface area (Å²) in [7, 11) is 0. The second kappa shape index (κ2) is 14.7. The van der Waals surface area contributed by atoms with Gasteiger partial charge >= 0.3 is 0 Å². The second-order valence-electron chi connectivity index (χ2n) is 17.9. The largest absolute Gasteiger partial charge is 0.455 e. The number of hydrogen-bond donors (Lipinski definition) is 0. The molecule has 0 atom stereocenters. The first-order chi connectivity index (χ1) is 33.2. The number of furan rings is 1. The summed E-state index contributed by atoms with van der Waals surface area (Å²) in [6, 6.07) is 91.2. The van der Waals surface area contributed by atoms with Crippen LogP contribution in [0.3, 0.4) is 0 Å². The van der Waals surface area contributed by atoms with Gasteiger partial charge in [0.2, 0.25) is 0 Å². The molecule has 12 aromatic rings. The highest BCUT2D eigenvalue weighted by molar-refractivity contribution is 6.22. The van der Waals surface area contributed by atoms with Crippen molar-refractivity contribution in [2.24, 2.45) is 0 Å². The van der Waals surface area contributed by atoms with E-state index in [2.05, 4.69) is 254 Å². The number of benzene rings is 11. The number of nitrogens with zero attached hydrogens (tertiary/aromatic N) is 1. The summed E-state index contributed by atoms with van der Waals surface area (Å²) in [6.07, 6.45) is 0. The summed E-state index contributed by atoms with van der Waals surface area (Å²) in [5.74, 6) is 0. The molecule has 0 amide bonds. The standard InChI is InChI=1S/C65H41NO/c1-3-17-42(18-4-1)44-33-35-47(36-34-44)66(48-37-38-53-52-25-11-14-31-59(52)65(60(53)40-48)57-29-12-9-23-50(57)51-24-10-13-30-58(51)65)61-41-56-63-49(46-22-15-21-45(39-46)43-19-5-2-6-20-43)28-16-32-62(63)67-64(56)55-27-8-7-26-54(55)61/h1-41H. The molecule has 0 bridgehead atoms. The Morgan fingerprint density at radius 2 is 0.791 bits per heavy atom. The van der Waals surface area contributed by atoms with Gasteiger partial charge in [-0.1, -0.05) is 206 Å². The summed E-state index contributed by atoms with van der Waals surface area (Å²) in [6.45, 7) is 0. The van der Waals surface area contributed by atoms with Crippen molar-refractivity contribution in [3.05, 3.63) is 271 Å². The van der Waals surface area contributed by atoms with Crippen molar-refractivity contribution in [2.75, 3.05) is 4.90 Å². The molecule has 14 rings (SSSR count). The van der Waals surface area contributed by atoms with E-state index in [1.807, 2.05) is 0 Å². The maximum absolute atomic E-state index is 6.96. The molecule has 0 N–H and O–H groups in total. The van der Waals surface area contributed by atoms with Crippen molar-refractivity contribution in [1.82, 2.24) is 0 Å². The Kier molecular flexibility index (Phi) is 8.23. The van der Waals surface area contributed by atoms with E-state index in [9.17, 15) is 0 Å². The fourth-order valence-electron chi connectivity index (χ4n) is 11.6. The molecule has 1 spiro atoms. The number of anilines is 3. The van der Waals surface area contributed by atoms with Gasteiger partial charge in [-0.15, -0.1) is 0 Å². The first kappa shape index (κ1) is 37.6. The fourth-order valence-corrected chi connectivity index (χ4v) is 11.6. The van der Waals surface area contributed by atoms with E-state index in [-0.39, 0.29) is 0 Å². The van der Waals surface area contributed by atoms with Crippen molar-refractivity contribution in [3.63, 3.8) is 0 Å². The topological polar surface area (TPSA) is 16.4 Å². The Hall–Kier alpha value is -8.72. The van der Waals surface area contributed by atoms with Gasteiger partial charge in [-0.2, -0.15) is 0 Å². The van der Waals surface area contributed by atoms with Crippen molar-refractivity contribution >= 4 is 49.8 Å². The van der Waals surface area contributed by atoms with E-state index in [0.717, 1.165) is 60.9 Å². The zero-order valence-electron chi connectivity index (χ0n) is 36.5. The minimum Gasteiger partial charge on any atom is -0.455 e. The summed E-state index contributed by atoms with van der Waals surface area (Å²) < 4.78 is 6.96. The van der Waals surface area contributed by atoms with Crippen molar-refractivity contribution in [3.8, 4) is 55.6 Å². The van der Waals surface area contributed by atoms with Gasteiger partial charge in [0.05, 0.1) is 11.1 Å². The lowest BCUT2D eigenvalue weighted by Crippen LogP contribution is -2.26. The molecule has 1 aromatic heterocycles. The highest BCUT2D eigenvalue weighted by Crippen LogP contribution is 2.63. The first-order valence-electron chi connectivity index (χ1n) is 23.2. The molecule has 0 aliphatic heterocycles. The number of hydrogen-bond acceptors (Lipinski definition) is 2. The lowest BCUT2D eigenvalue weighted by molar-refractivity contribution is 0.673. The molecule has 1 heterocycles. The van der Waals surface area contributed by atoms with E-state index in [4.69, 9.17) is 4.42 Å². The van der Waals surface area contributed by atoms with Gasteiger partial charge in [0.1, 0.15) is 11.2 Å². The molecule has 2 aliphatic rings. The lowest BCUT2D eigenvalue weighted by Gasteiger charge is -2.32. The molecule has 0 radical (unpaired) electrons. The third kappa shape index (κ3) is 5.51. The lowest BCUT2D eigenvalue weighted by atomic mass is 9.70. The van der Waals surface area contributed by atoms with Crippen LogP contribution in [0.25, 0.3) is 88.3 Å². The SMILES string of the molecule is c1ccc(-c2ccc(N(c3ccc4c(c3)C3(c5ccccc5-c5ccccc53)c3ccccc3-4)c3cc4c(oc5cccc(-c6cccc(-c7ccccc7)c6)c54)c4ccccc34)cc2)cc1. The van der Waals surface area contributed by atoms with Gasteiger partial charge in [0.15, 0.2) is 0 Å². The molecular formula is C65H41NO. The van der Waals surface area contributed by atoms with E-state index in [1.54, 1.807) is 0 Å². The van der Waals surface area contributed by atoms with E-state index < -0.39 is 5.41 Å². The average Bonchev–Trinajstić information content (AvgIpc) is 4.04. The van der Waals surface area contributed by atoms with Gasteiger partial charge in [-0.05, 0) is 120 Å². The van der Waals surface area contributed by atoms with Crippen molar-refractivity contribution in [2.45, 2.75) is 5.41 Å². The van der Waals surface area contributed by atoms with E-state index in [1.165, 1.54) is 66.8 Å². The Morgan fingerprint density at radius 3 is 1.46 bits per heavy atom. The highest BCUT2D eigenvalue weighted by Gasteiger charge is 2.51. The van der Waals surface area contributed by atoms with Crippen LogP contribution in [0.5, 0.6) is 0 Å². The van der Waals surface area contributed by atoms with E-state index in [0.29, 0.717) is 0 Å². The monoisotopic (exact) mass is 851 g/mol. The number of fused-ring (bicyclic) bond motifs is 15. The fraction of sp³-hybridized carbons (Fsp3) is 0.0154. The molecule has 2 heteroatoms. The Labute approximate surface area is 389 Å². The van der Waals surface area contributed by atoms with Crippen LogP contribution in [-0.2, 0) is 5.41 Å². The van der Waals surface area contributed by atoms with Crippen LogP contribution in [-0.4, -0.2) is 0 Å². The molecule has 0 fully saturated rings. The molecule has 2 nitrogen and oxygen atoms in total. The van der Waals surface area contributed by atoms with E-state index >= 15 is 0 Å². The third-order valence-corrected chi connectivity index (χ3v) is 14.5. The molecule has 67 heavy (non-hydrogen) atoms. The molecule has 2 aliphatic carbocycles. The van der Waals surface area contributed by atoms with Crippen LogP contribution in [0.1, 0.15) is 22.3 Å². The van der Waals surface area contributed by atoms with Crippen LogP contribution >= 0.6 is 0 Å². The maximum atomic E-state index is 6.96. The normalized spacial score (nSPS) is 12.9. The predicted molar refractivity (Wildman–Crippen MR) is 279 cm³/mol. The van der Waals surface area contributed by atoms with Crippen LogP contribution < -0.4 is 4.90 Å². The summed E-state index contributed by atoms with van der Waals surface area (Å²) in [5, 5.41) is 4.38. The van der Waals surface area contributed by atoms with Gasteiger partial charge in [0.25, 0.3) is 0 Å². The molecule has 0 saturated carbocycles. The molecule has 312 valence electrons. The summed E-state index contributed by atoms with van der Waals surface area (Å²) in [5.41, 5.74) is 22.0.